The van der Waals surface area contributed by atoms with Gasteiger partial charge in [-0.15, -0.1) is 24.2 Å². The number of β-amino-alcohol motifs (C(OH)–C–C–N with tert-alkyl or cyclic N) is 1. The van der Waals surface area contributed by atoms with Gasteiger partial charge in [0.25, 0.3) is 0 Å². The Kier molecular flexibility index (Phi) is 10.6. The second-order valence-electron chi connectivity index (χ2n) is 6.83. The number of nitrogens with zero attached hydrogens (tertiary/aromatic N) is 2. The lowest BCUT2D eigenvalue weighted by Crippen LogP contribution is -2.31. The molecule has 1 atom stereocenters. The van der Waals surface area contributed by atoms with E-state index in [-0.39, 0.29) is 17.9 Å². The first-order chi connectivity index (χ1) is 13.2. The van der Waals surface area contributed by atoms with Crippen LogP contribution in [0.1, 0.15) is 24.0 Å². The van der Waals surface area contributed by atoms with Crippen LogP contribution in [0.2, 0.25) is 0 Å². The Morgan fingerprint density at radius 3 is 2.55 bits per heavy atom. The van der Waals surface area contributed by atoms with Crippen LogP contribution in [-0.2, 0) is 6.42 Å². The maximum absolute atomic E-state index is 10.3. The summed E-state index contributed by atoms with van der Waals surface area (Å²) in [4.78, 5) is 2.89. The average Bonchev–Trinajstić information content (AvgIpc) is 3.20. The molecule has 3 rings (SSSR count). The molecule has 1 aromatic rings. The highest BCUT2D eigenvalue weighted by Crippen LogP contribution is 2.37. The standard InChI is InChI=1S/C20H27N3O3S.ClH.H2O/c1-25-17-9-14-5-6-22-20(16(14)10-18(17)26-2)19(11-21)27-13-15(24)12-23-7-3-4-8-23;;/h9-10,15,22,24H,3-8,12-13H2,1-2H3;1H;1H2. The summed E-state index contributed by atoms with van der Waals surface area (Å²) in [5.74, 6) is 1.85. The number of nitriles is 1. The molecule has 4 N–H and O–H groups in total. The van der Waals surface area contributed by atoms with Crippen molar-refractivity contribution < 1.29 is 20.1 Å². The van der Waals surface area contributed by atoms with Crippen molar-refractivity contribution in [2.75, 3.05) is 46.2 Å². The van der Waals surface area contributed by atoms with E-state index in [1.165, 1.54) is 24.6 Å². The van der Waals surface area contributed by atoms with E-state index in [2.05, 4.69) is 16.3 Å². The molecule has 0 amide bonds. The number of thioether (sulfide) groups is 1. The number of aliphatic hydroxyl groups excluding tert-OH is 1. The fourth-order valence-electron chi connectivity index (χ4n) is 3.64. The molecule has 1 fully saturated rings. The second-order valence-corrected chi connectivity index (χ2v) is 7.86. The first-order valence-electron chi connectivity index (χ1n) is 9.33. The number of allylic oxidation sites excluding steroid dienone is 1. The van der Waals surface area contributed by atoms with Crippen LogP contribution in [-0.4, -0.2) is 67.7 Å². The number of rotatable bonds is 7. The summed E-state index contributed by atoms with van der Waals surface area (Å²) in [6.07, 6.45) is 2.84. The molecule has 1 unspecified atom stereocenters. The number of fused-ring (bicyclic) bond motifs is 1. The maximum Gasteiger partial charge on any atom is 0.161 e. The molecule has 2 aliphatic rings. The van der Waals surface area contributed by atoms with E-state index in [0.717, 1.165) is 42.9 Å². The molecule has 0 bridgehead atoms. The number of benzene rings is 1. The summed E-state index contributed by atoms with van der Waals surface area (Å²) < 4.78 is 10.8. The molecular formula is C20H30ClN3O4S. The van der Waals surface area contributed by atoms with E-state index in [1.807, 2.05) is 12.1 Å². The van der Waals surface area contributed by atoms with Crippen LogP contribution >= 0.6 is 24.2 Å². The Balaban J connectivity index is 0.00000210. The summed E-state index contributed by atoms with van der Waals surface area (Å²) in [6, 6.07) is 6.22. The Hall–Kier alpha value is -1.63. The van der Waals surface area contributed by atoms with Crippen molar-refractivity contribution in [2.24, 2.45) is 0 Å². The van der Waals surface area contributed by atoms with E-state index in [4.69, 9.17) is 9.47 Å². The minimum atomic E-state index is -0.439. The molecule has 1 aromatic carbocycles. The molecule has 0 spiro atoms. The van der Waals surface area contributed by atoms with Crippen molar-refractivity contribution in [1.82, 2.24) is 10.2 Å². The van der Waals surface area contributed by atoms with Crippen LogP contribution in [0.5, 0.6) is 11.5 Å². The van der Waals surface area contributed by atoms with Gasteiger partial charge in [-0.1, -0.05) is 0 Å². The van der Waals surface area contributed by atoms with Crippen LogP contribution in [0.15, 0.2) is 17.0 Å². The highest BCUT2D eigenvalue weighted by atomic mass is 35.5. The highest BCUT2D eigenvalue weighted by molar-refractivity contribution is 8.03. The third-order valence-corrected chi connectivity index (χ3v) is 6.13. The summed E-state index contributed by atoms with van der Waals surface area (Å²) in [7, 11) is 3.24. The molecule has 162 valence electrons. The zero-order valence-electron chi connectivity index (χ0n) is 16.9. The largest absolute Gasteiger partial charge is 0.493 e. The third kappa shape index (κ3) is 6.17. The molecule has 0 aromatic heterocycles. The molecule has 1 saturated heterocycles. The van der Waals surface area contributed by atoms with Crippen LogP contribution in [0.4, 0.5) is 0 Å². The fourth-order valence-corrected chi connectivity index (χ4v) is 4.49. The van der Waals surface area contributed by atoms with Gasteiger partial charge in [-0.2, -0.15) is 5.26 Å². The Bertz CT molecular complexity index is 748. The number of aliphatic hydroxyl groups is 1. The van der Waals surface area contributed by atoms with Crippen molar-refractivity contribution in [3.8, 4) is 17.6 Å². The minimum Gasteiger partial charge on any atom is -0.493 e. The Labute approximate surface area is 182 Å². The summed E-state index contributed by atoms with van der Waals surface area (Å²) in [6.45, 7) is 3.56. The smallest absolute Gasteiger partial charge is 0.161 e. The molecule has 0 radical (unpaired) electrons. The Morgan fingerprint density at radius 2 is 1.93 bits per heavy atom. The highest BCUT2D eigenvalue weighted by Gasteiger charge is 2.22. The number of halogens is 1. The van der Waals surface area contributed by atoms with Gasteiger partial charge < -0.3 is 30.3 Å². The molecule has 0 aliphatic carbocycles. The molecule has 2 aliphatic heterocycles. The summed E-state index contributed by atoms with van der Waals surface area (Å²) in [5, 5.41) is 23.4. The topological polar surface area (TPSA) is 109 Å². The van der Waals surface area contributed by atoms with Gasteiger partial charge in [-0.3, -0.25) is 0 Å². The Morgan fingerprint density at radius 1 is 1.28 bits per heavy atom. The van der Waals surface area contributed by atoms with E-state index in [9.17, 15) is 10.4 Å². The lowest BCUT2D eigenvalue weighted by Gasteiger charge is -2.24. The van der Waals surface area contributed by atoms with E-state index in [0.29, 0.717) is 28.7 Å². The predicted octanol–water partition coefficient (Wildman–Crippen LogP) is 1.83. The van der Waals surface area contributed by atoms with Gasteiger partial charge in [0.2, 0.25) is 0 Å². The van der Waals surface area contributed by atoms with E-state index < -0.39 is 6.10 Å². The monoisotopic (exact) mass is 443 g/mol. The lowest BCUT2D eigenvalue weighted by atomic mass is 9.97. The van der Waals surface area contributed by atoms with Gasteiger partial charge in [0.1, 0.15) is 11.0 Å². The van der Waals surface area contributed by atoms with Crippen molar-refractivity contribution >= 4 is 29.9 Å². The van der Waals surface area contributed by atoms with Gasteiger partial charge in [0, 0.05) is 24.4 Å². The number of hydrogen-bond acceptors (Lipinski definition) is 7. The third-order valence-electron chi connectivity index (χ3n) is 4.99. The molecular weight excluding hydrogens is 414 g/mol. The van der Waals surface area contributed by atoms with Gasteiger partial charge in [-0.25, -0.2) is 0 Å². The predicted molar refractivity (Wildman–Crippen MR) is 119 cm³/mol. The van der Waals surface area contributed by atoms with Crippen molar-refractivity contribution in [3.63, 3.8) is 0 Å². The number of likely N-dealkylation sites (tertiary alicyclic amines) is 1. The van der Waals surface area contributed by atoms with E-state index in [1.54, 1.807) is 14.2 Å². The van der Waals surface area contributed by atoms with Crippen molar-refractivity contribution in [3.05, 3.63) is 28.2 Å². The molecule has 9 heteroatoms. The van der Waals surface area contributed by atoms with Crippen LogP contribution in [0.25, 0.3) is 5.70 Å². The fraction of sp³-hybridized carbons (Fsp3) is 0.550. The number of methoxy groups -OCH3 is 2. The van der Waals surface area contributed by atoms with Crippen LogP contribution in [0.3, 0.4) is 0 Å². The van der Waals surface area contributed by atoms with Gasteiger partial charge in [-0.05, 0) is 50.0 Å². The van der Waals surface area contributed by atoms with Crippen LogP contribution < -0.4 is 14.8 Å². The molecule has 2 heterocycles. The molecule has 0 saturated carbocycles. The summed E-state index contributed by atoms with van der Waals surface area (Å²) >= 11 is 1.41. The maximum atomic E-state index is 10.3. The zero-order valence-corrected chi connectivity index (χ0v) is 18.5. The van der Waals surface area contributed by atoms with Crippen LogP contribution in [0, 0.1) is 11.3 Å². The zero-order chi connectivity index (χ0) is 19.2. The SMILES string of the molecule is COc1cc2c(cc1OC)C(=C(C#N)SCC(O)CN1CCCC1)NCC2.Cl.O. The normalized spacial score (nSPS) is 18.3. The number of ether oxygens (including phenoxy) is 2. The lowest BCUT2D eigenvalue weighted by molar-refractivity contribution is 0.145. The quantitative estimate of drug-likeness (QED) is 0.618. The van der Waals surface area contributed by atoms with Crippen molar-refractivity contribution in [1.29, 1.82) is 5.26 Å². The minimum absolute atomic E-state index is 0. The van der Waals surface area contributed by atoms with E-state index >= 15 is 0 Å². The number of nitrogens with one attached hydrogen (secondary N) is 1. The second kappa shape index (κ2) is 12.2. The number of hydrogen-bond donors (Lipinski definition) is 2. The summed E-state index contributed by atoms with van der Waals surface area (Å²) in [5.41, 5.74) is 2.92. The average molecular weight is 444 g/mol. The first-order valence-corrected chi connectivity index (χ1v) is 10.3. The first kappa shape index (κ1) is 25.4. The molecule has 7 nitrogen and oxygen atoms in total. The van der Waals surface area contributed by atoms with Gasteiger partial charge in [0.05, 0.1) is 26.0 Å². The van der Waals surface area contributed by atoms with Gasteiger partial charge >= 0.3 is 0 Å². The molecule has 29 heavy (non-hydrogen) atoms. The van der Waals surface area contributed by atoms with Crippen molar-refractivity contribution in [2.45, 2.75) is 25.4 Å². The van der Waals surface area contributed by atoms with Gasteiger partial charge in [0.15, 0.2) is 11.5 Å².